The van der Waals surface area contributed by atoms with E-state index in [-0.39, 0.29) is 42.3 Å². The summed E-state index contributed by atoms with van der Waals surface area (Å²) in [7, 11) is 0. The van der Waals surface area contributed by atoms with Crippen molar-refractivity contribution in [1.29, 1.82) is 0 Å². The number of carbonyl (C=O) groups excluding carboxylic acids is 1. The lowest BCUT2D eigenvalue weighted by Crippen LogP contribution is -2.44. The smallest absolute Gasteiger partial charge is 0.169 e. The van der Waals surface area contributed by atoms with Crippen molar-refractivity contribution in [3.63, 3.8) is 0 Å². The fourth-order valence-corrected chi connectivity index (χ4v) is 7.27. The number of aromatic nitrogens is 2. The first-order valence-corrected chi connectivity index (χ1v) is 13.6. The van der Waals surface area contributed by atoms with Crippen molar-refractivity contribution >= 4 is 22.4 Å². The maximum atomic E-state index is 15.0. The van der Waals surface area contributed by atoms with Crippen LogP contribution in [-0.4, -0.2) is 45.1 Å². The van der Waals surface area contributed by atoms with Crippen LogP contribution < -0.4 is 10.6 Å². The zero-order valence-corrected chi connectivity index (χ0v) is 21.3. The predicted molar refractivity (Wildman–Crippen MR) is 142 cm³/mol. The Hall–Kier alpha value is -2.90. The minimum absolute atomic E-state index is 0.0891. The van der Waals surface area contributed by atoms with E-state index in [1.807, 2.05) is 12.1 Å². The summed E-state index contributed by atoms with van der Waals surface area (Å²) >= 11 is 0. The van der Waals surface area contributed by atoms with E-state index < -0.39 is 0 Å². The number of Topliss-reactive ketones (excluding diaryl/α,β-unsaturated/α-hetero) is 1. The van der Waals surface area contributed by atoms with Crippen LogP contribution in [-0.2, 0) is 6.42 Å². The second-order valence-corrected chi connectivity index (χ2v) is 11.5. The highest BCUT2D eigenvalue weighted by Crippen LogP contribution is 2.41. The third-order valence-corrected chi connectivity index (χ3v) is 8.80. The quantitative estimate of drug-likeness (QED) is 0.482. The fraction of sp³-hybridized carbons (Fsp3) is 0.500. The Bertz CT molecular complexity index is 1310. The molecule has 6 rings (SSSR count). The van der Waals surface area contributed by atoms with E-state index in [0.717, 1.165) is 61.8 Å². The van der Waals surface area contributed by atoms with Gasteiger partial charge in [0.2, 0.25) is 0 Å². The van der Waals surface area contributed by atoms with E-state index in [4.69, 9.17) is 5.73 Å². The summed E-state index contributed by atoms with van der Waals surface area (Å²) in [4.78, 5) is 24.8. The van der Waals surface area contributed by atoms with E-state index in [1.165, 1.54) is 6.07 Å². The van der Waals surface area contributed by atoms with Crippen LogP contribution in [0.5, 0.6) is 0 Å². The van der Waals surface area contributed by atoms with Gasteiger partial charge in [-0.3, -0.25) is 14.8 Å². The molecule has 1 saturated carbocycles. The monoisotopic (exact) mass is 502 g/mol. The maximum absolute atomic E-state index is 15.0. The van der Waals surface area contributed by atoms with Crippen LogP contribution >= 0.6 is 0 Å². The normalized spacial score (nSPS) is 29.6. The molecule has 2 saturated heterocycles. The number of ketones is 1. The number of benzene rings is 1. The molecule has 7 heteroatoms. The summed E-state index contributed by atoms with van der Waals surface area (Å²) < 4.78 is 15.0. The van der Waals surface area contributed by atoms with E-state index in [1.54, 1.807) is 24.7 Å². The zero-order chi connectivity index (χ0) is 25.7. The van der Waals surface area contributed by atoms with Crippen molar-refractivity contribution in [1.82, 2.24) is 9.97 Å². The fourth-order valence-electron chi connectivity index (χ4n) is 7.27. The average molecular weight is 503 g/mol. The van der Waals surface area contributed by atoms with Gasteiger partial charge < -0.3 is 15.7 Å². The summed E-state index contributed by atoms with van der Waals surface area (Å²) in [5.74, 6) is 0.392. The Morgan fingerprint density at radius 3 is 2.65 bits per heavy atom. The lowest BCUT2D eigenvalue weighted by molar-refractivity contribution is 0.0993. The Kier molecular flexibility index (Phi) is 6.45. The topological polar surface area (TPSA) is 92.3 Å². The number of nitrogens with zero attached hydrogens (tertiary/aromatic N) is 3. The van der Waals surface area contributed by atoms with Gasteiger partial charge in [0.25, 0.3) is 0 Å². The van der Waals surface area contributed by atoms with E-state index in [2.05, 4.69) is 21.8 Å². The summed E-state index contributed by atoms with van der Waals surface area (Å²) in [5, 5.41) is 10.5. The van der Waals surface area contributed by atoms with Gasteiger partial charge in [0.1, 0.15) is 5.82 Å². The number of pyridine rings is 2. The standard InChI is InChI=1S/C30H35FN4O2/c1-17-8-18(10-20(32)9-17)25-6-7-33-15-19(25)11-29(37)26-4-5-28(31)27-14-23(16-34-30(26)27)35-21-2-3-22(35)13-24(36)12-21/h4-7,14-18,20-22,24,36H,2-3,8-13,32H2,1H3/t17-,18+,20-,21?,22?,24?/m0/s1. The van der Waals surface area contributed by atoms with E-state index >= 15 is 4.39 Å². The van der Waals surface area contributed by atoms with Gasteiger partial charge in [0.05, 0.1) is 23.5 Å². The van der Waals surface area contributed by atoms with Crippen LogP contribution in [0.4, 0.5) is 10.1 Å². The molecule has 37 heavy (non-hydrogen) atoms. The molecular weight excluding hydrogens is 467 g/mol. The maximum Gasteiger partial charge on any atom is 0.169 e. The molecule has 3 aliphatic rings. The van der Waals surface area contributed by atoms with Crippen molar-refractivity contribution in [3.05, 3.63) is 65.4 Å². The molecule has 2 aromatic heterocycles. The Morgan fingerprint density at radius 1 is 1.11 bits per heavy atom. The molecular formula is C30H35FN4O2. The third kappa shape index (κ3) is 4.64. The summed E-state index contributed by atoms with van der Waals surface area (Å²) in [6, 6.07) is 7.46. The molecule has 0 amide bonds. The molecule has 2 bridgehead atoms. The van der Waals surface area contributed by atoms with Crippen molar-refractivity contribution in [2.75, 3.05) is 4.90 Å². The molecule has 5 atom stereocenters. The molecule has 4 heterocycles. The number of halogens is 1. The molecule has 3 aromatic rings. The number of carbonyl (C=O) groups is 1. The molecule has 2 aliphatic heterocycles. The molecule has 1 aliphatic carbocycles. The van der Waals surface area contributed by atoms with Gasteiger partial charge in [-0.15, -0.1) is 0 Å². The number of hydrogen-bond acceptors (Lipinski definition) is 6. The minimum atomic E-state index is -0.377. The number of anilines is 1. The highest BCUT2D eigenvalue weighted by Gasteiger charge is 2.40. The third-order valence-electron chi connectivity index (χ3n) is 8.80. The van der Waals surface area contributed by atoms with Gasteiger partial charge >= 0.3 is 0 Å². The summed E-state index contributed by atoms with van der Waals surface area (Å²) in [6.07, 6.45) is 11.8. The highest BCUT2D eigenvalue weighted by molar-refractivity contribution is 6.08. The molecule has 3 fully saturated rings. The van der Waals surface area contributed by atoms with Crippen LogP contribution in [0, 0.1) is 11.7 Å². The van der Waals surface area contributed by atoms with Crippen LogP contribution in [0.2, 0.25) is 0 Å². The number of aliphatic hydroxyl groups is 1. The van der Waals surface area contributed by atoms with Crippen molar-refractivity contribution < 1.29 is 14.3 Å². The first kappa shape index (κ1) is 24.4. The average Bonchev–Trinajstić information content (AvgIpc) is 3.14. The van der Waals surface area contributed by atoms with Gasteiger partial charge in [-0.2, -0.15) is 0 Å². The Labute approximate surface area is 217 Å². The molecule has 1 aromatic carbocycles. The highest BCUT2D eigenvalue weighted by atomic mass is 19.1. The molecule has 6 nitrogen and oxygen atoms in total. The molecule has 2 unspecified atom stereocenters. The van der Waals surface area contributed by atoms with Gasteiger partial charge in [0, 0.05) is 47.9 Å². The first-order valence-electron chi connectivity index (χ1n) is 13.6. The second-order valence-electron chi connectivity index (χ2n) is 11.5. The minimum Gasteiger partial charge on any atom is -0.393 e. The van der Waals surface area contributed by atoms with Crippen LogP contribution in [0.15, 0.2) is 42.9 Å². The molecule has 0 radical (unpaired) electrons. The first-order chi connectivity index (χ1) is 17.9. The lowest BCUT2D eigenvalue weighted by atomic mass is 9.75. The van der Waals surface area contributed by atoms with Crippen molar-refractivity contribution in [2.24, 2.45) is 11.7 Å². The molecule has 0 spiro atoms. The largest absolute Gasteiger partial charge is 0.393 e. The molecule has 194 valence electrons. The van der Waals surface area contributed by atoms with E-state index in [0.29, 0.717) is 28.3 Å². The van der Waals surface area contributed by atoms with Crippen LogP contribution in [0.3, 0.4) is 0 Å². The van der Waals surface area contributed by atoms with Crippen molar-refractivity contribution in [2.45, 2.75) is 88.4 Å². The number of piperidine rings is 1. The lowest BCUT2D eigenvalue weighted by Gasteiger charge is -2.38. The Balaban J connectivity index is 1.30. The number of rotatable bonds is 5. The number of hydrogen-bond donors (Lipinski definition) is 2. The van der Waals surface area contributed by atoms with Gasteiger partial charge in [-0.1, -0.05) is 6.92 Å². The SMILES string of the molecule is C[C@@H]1C[C@H](N)C[C@H](c2ccncc2CC(=O)c2ccc(F)c3cc(N4C5CCC4CC(O)C5)cnc23)C1. The van der Waals surface area contributed by atoms with Gasteiger partial charge in [0.15, 0.2) is 5.78 Å². The van der Waals surface area contributed by atoms with E-state index in [9.17, 15) is 9.90 Å². The molecule has 3 N–H and O–H groups in total. The van der Waals surface area contributed by atoms with Crippen LogP contribution in [0.25, 0.3) is 10.9 Å². The number of fused-ring (bicyclic) bond motifs is 3. The zero-order valence-electron chi connectivity index (χ0n) is 21.3. The second kappa shape index (κ2) is 9.76. The number of aliphatic hydroxyl groups excluding tert-OH is 1. The van der Waals surface area contributed by atoms with Gasteiger partial charge in [-0.05, 0) is 92.2 Å². The van der Waals surface area contributed by atoms with Crippen LogP contribution in [0.1, 0.15) is 79.3 Å². The Morgan fingerprint density at radius 2 is 1.89 bits per heavy atom. The van der Waals surface area contributed by atoms with Crippen molar-refractivity contribution in [3.8, 4) is 0 Å². The number of nitrogens with two attached hydrogens (primary N) is 1. The summed E-state index contributed by atoms with van der Waals surface area (Å²) in [6.45, 7) is 2.24. The predicted octanol–water partition coefficient (Wildman–Crippen LogP) is 4.92. The van der Waals surface area contributed by atoms with Gasteiger partial charge in [-0.25, -0.2) is 4.39 Å². The summed E-state index contributed by atoms with van der Waals surface area (Å²) in [5.41, 5.74) is 10.1.